The van der Waals surface area contributed by atoms with Crippen LogP contribution >= 0.6 is 34.8 Å². The number of nitrogens with one attached hydrogen (secondary N) is 1. The number of hydrogen-bond acceptors (Lipinski definition) is 3. The van der Waals surface area contributed by atoms with Gasteiger partial charge in [0.25, 0.3) is 5.69 Å². The first kappa shape index (κ1) is 15.8. The van der Waals surface area contributed by atoms with E-state index in [9.17, 15) is 14.5 Å². The lowest BCUT2D eigenvalue weighted by Crippen LogP contribution is -2.03. The molecule has 0 unspecified atom stereocenters. The number of anilines is 1. The Morgan fingerprint density at radius 2 is 1.76 bits per heavy atom. The molecule has 4 nitrogen and oxygen atoms in total. The van der Waals surface area contributed by atoms with Crippen LogP contribution < -0.4 is 5.32 Å². The molecule has 1 N–H and O–H groups in total. The van der Waals surface area contributed by atoms with Gasteiger partial charge in [-0.3, -0.25) is 10.1 Å². The van der Waals surface area contributed by atoms with Crippen LogP contribution in [-0.2, 0) is 6.54 Å². The molecule has 0 spiro atoms. The molecule has 0 saturated heterocycles. The van der Waals surface area contributed by atoms with Gasteiger partial charge in [-0.15, -0.1) is 0 Å². The molecule has 0 fully saturated rings. The van der Waals surface area contributed by atoms with E-state index in [1.54, 1.807) is 12.1 Å². The molecule has 0 heterocycles. The summed E-state index contributed by atoms with van der Waals surface area (Å²) in [5, 5.41) is 13.9. The number of hydrogen-bond donors (Lipinski definition) is 1. The molecular formula is C13H8Cl3FN2O2. The van der Waals surface area contributed by atoms with Gasteiger partial charge in [0.05, 0.1) is 15.0 Å². The van der Waals surface area contributed by atoms with Crippen LogP contribution in [0.15, 0.2) is 30.3 Å². The third-order valence-electron chi connectivity index (χ3n) is 2.71. The first-order valence-electron chi connectivity index (χ1n) is 5.69. The molecule has 110 valence electrons. The topological polar surface area (TPSA) is 55.2 Å². The van der Waals surface area contributed by atoms with Crippen molar-refractivity contribution in [3.05, 3.63) is 66.9 Å². The van der Waals surface area contributed by atoms with Crippen LogP contribution in [0.1, 0.15) is 5.56 Å². The van der Waals surface area contributed by atoms with Crippen molar-refractivity contribution in [2.24, 2.45) is 0 Å². The number of nitro groups is 1. The average Bonchev–Trinajstić information content (AvgIpc) is 2.43. The van der Waals surface area contributed by atoms with Gasteiger partial charge in [0.15, 0.2) is 5.82 Å². The maximum Gasteiger partial charge on any atom is 0.275 e. The van der Waals surface area contributed by atoms with E-state index in [1.807, 2.05) is 0 Å². The smallest absolute Gasteiger partial charge is 0.275 e. The minimum Gasteiger partial charge on any atom is -0.381 e. The van der Waals surface area contributed by atoms with Crippen LogP contribution in [0.5, 0.6) is 0 Å². The standard InChI is InChI=1S/C13H8Cl3FN2O2/c14-8-2-1-7(12(3-8)19(20)21)6-18-9-4-10(15)13(17)11(16)5-9/h1-5,18H,6H2. The number of nitro benzene ring substituents is 1. The van der Waals surface area contributed by atoms with Crippen molar-refractivity contribution in [3.63, 3.8) is 0 Å². The molecule has 0 atom stereocenters. The number of benzene rings is 2. The van der Waals surface area contributed by atoms with E-state index in [0.717, 1.165) is 0 Å². The second kappa shape index (κ2) is 6.47. The minimum absolute atomic E-state index is 0.102. The molecule has 0 amide bonds. The Morgan fingerprint density at radius 1 is 1.14 bits per heavy atom. The Kier molecular flexibility index (Phi) is 4.88. The van der Waals surface area contributed by atoms with Crippen LogP contribution in [0.25, 0.3) is 0 Å². The molecule has 21 heavy (non-hydrogen) atoms. The van der Waals surface area contributed by atoms with E-state index in [4.69, 9.17) is 34.8 Å². The van der Waals surface area contributed by atoms with Gasteiger partial charge < -0.3 is 5.32 Å². The van der Waals surface area contributed by atoms with Crippen LogP contribution in [0.2, 0.25) is 15.1 Å². The third kappa shape index (κ3) is 3.75. The molecule has 2 aromatic rings. The highest BCUT2D eigenvalue weighted by Gasteiger charge is 2.14. The summed E-state index contributed by atoms with van der Waals surface area (Å²) in [6, 6.07) is 7.06. The average molecular weight is 350 g/mol. The molecule has 0 saturated carbocycles. The van der Waals surface area contributed by atoms with E-state index in [1.165, 1.54) is 18.2 Å². The van der Waals surface area contributed by atoms with Gasteiger partial charge >= 0.3 is 0 Å². The Hall–Kier alpha value is -1.56. The summed E-state index contributed by atoms with van der Waals surface area (Å²) in [4.78, 5) is 10.4. The lowest BCUT2D eigenvalue weighted by molar-refractivity contribution is -0.385. The third-order valence-corrected chi connectivity index (χ3v) is 3.50. The summed E-state index contributed by atoms with van der Waals surface area (Å²) in [7, 11) is 0. The highest BCUT2D eigenvalue weighted by molar-refractivity contribution is 6.35. The fourth-order valence-corrected chi connectivity index (χ4v) is 2.36. The van der Waals surface area contributed by atoms with E-state index in [-0.39, 0.29) is 27.3 Å². The molecule has 2 rings (SSSR count). The summed E-state index contributed by atoms with van der Waals surface area (Å²) in [5.41, 5.74) is 0.783. The molecule has 2 aromatic carbocycles. The molecule has 0 aliphatic heterocycles. The Morgan fingerprint density at radius 3 is 2.33 bits per heavy atom. The largest absolute Gasteiger partial charge is 0.381 e. The highest BCUT2D eigenvalue weighted by atomic mass is 35.5. The maximum absolute atomic E-state index is 13.3. The minimum atomic E-state index is -0.707. The number of halogens is 4. The van der Waals surface area contributed by atoms with E-state index < -0.39 is 10.7 Å². The van der Waals surface area contributed by atoms with Gasteiger partial charge in [0.2, 0.25) is 0 Å². The summed E-state index contributed by atoms with van der Waals surface area (Å²) < 4.78 is 13.3. The molecule has 0 aromatic heterocycles. The van der Waals surface area contributed by atoms with E-state index in [0.29, 0.717) is 11.3 Å². The zero-order valence-corrected chi connectivity index (χ0v) is 12.6. The molecule has 0 aliphatic rings. The summed E-state index contributed by atoms with van der Waals surface area (Å²) in [6.07, 6.45) is 0. The van der Waals surface area contributed by atoms with E-state index in [2.05, 4.69) is 5.32 Å². The monoisotopic (exact) mass is 348 g/mol. The normalized spacial score (nSPS) is 10.5. The van der Waals surface area contributed by atoms with Gasteiger partial charge in [-0.05, 0) is 24.3 Å². The predicted octanol–water partition coefficient (Wildman–Crippen LogP) is 5.31. The quantitative estimate of drug-likeness (QED) is 0.462. The van der Waals surface area contributed by atoms with Crippen molar-refractivity contribution >= 4 is 46.2 Å². The van der Waals surface area contributed by atoms with Crippen molar-refractivity contribution in [2.45, 2.75) is 6.54 Å². The van der Waals surface area contributed by atoms with Gasteiger partial charge in [-0.25, -0.2) is 4.39 Å². The van der Waals surface area contributed by atoms with Crippen LogP contribution in [0.3, 0.4) is 0 Å². The van der Waals surface area contributed by atoms with Gasteiger partial charge in [-0.2, -0.15) is 0 Å². The summed E-state index contributed by atoms with van der Waals surface area (Å²) >= 11 is 17.1. The van der Waals surface area contributed by atoms with Gasteiger partial charge in [0.1, 0.15) is 0 Å². The SMILES string of the molecule is O=[N+]([O-])c1cc(Cl)ccc1CNc1cc(Cl)c(F)c(Cl)c1. The van der Waals surface area contributed by atoms with Crippen LogP contribution in [0, 0.1) is 15.9 Å². The first-order chi connectivity index (χ1) is 9.88. The Labute approximate surface area is 134 Å². The second-order valence-electron chi connectivity index (χ2n) is 4.14. The predicted molar refractivity (Wildman–Crippen MR) is 81.9 cm³/mol. The van der Waals surface area contributed by atoms with Gasteiger partial charge in [-0.1, -0.05) is 34.8 Å². The highest BCUT2D eigenvalue weighted by Crippen LogP contribution is 2.29. The maximum atomic E-state index is 13.3. The molecule has 0 aliphatic carbocycles. The Bertz CT molecular complexity index is 687. The van der Waals surface area contributed by atoms with Crippen molar-refractivity contribution in [3.8, 4) is 0 Å². The van der Waals surface area contributed by atoms with Crippen molar-refractivity contribution in [2.75, 3.05) is 5.32 Å². The zero-order valence-electron chi connectivity index (χ0n) is 10.4. The van der Waals surface area contributed by atoms with Gasteiger partial charge in [0, 0.05) is 28.9 Å². The number of nitrogens with zero attached hydrogens (tertiary/aromatic N) is 1. The fourth-order valence-electron chi connectivity index (χ4n) is 1.71. The molecular weight excluding hydrogens is 342 g/mol. The molecule has 0 radical (unpaired) electrons. The van der Waals surface area contributed by atoms with Crippen LogP contribution in [-0.4, -0.2) is 4.92 Å². The van der Waals surface area contributed by atoms with Crippen molar-refractivity contribution in [1.29, 1.82) is 0 Å². The summed E-state index contributed by atoms with van der Waals surface area (Å²) in [5.74, 6) is -0.707. The second-order valence-corrected chi connectivity index (χ2v) is 5.39. The summed E-state index contributed by atoms with van der Waals surface area (Å²) in [6.45, 7) is 0.145. The lowest BCUT2D eigenvalue weighted by atomic mass is 10.1. The fraction of sp³-hybridized carbons (Fsp3) is 0.0769. The van der Waals surface area contributed by atoms with E-state index >= 15 is 0 Å². The van der Waals surface area contributed by atoms with Crippen molar-refractivity contribution in [1.82, 2.24) is 0 Å². The molecule has 0 bridgehead atoms. The lowest BCUT2D eigenvalue weighted by Gasteiger charge is -2.09. The number of rotatable bonds is 4. The Balaban J connectivity index is 2.22. The zero-order chi connectivity index (χ0) is 15.6. The van der Waals surface area contributed by atoms with Crippen molar-refractivity contribution < 1.29 is 9.31 Å². The first-order valence-corrected chi connectivity index (χ1v) is 6.83. The molecule has 8 heteroatoms. The van der Waals surface area contributed by atoms with Crippen LogP contribution in [0.4, 0.5) is 15.8 Å².